The summed E-state index contributed by atoms with van der Waals surface area (Å²) in [4.78, 5) is 4.40. The van der Waals surface area contributed by atoms with Crippen LogP contribution in [-0.2, 0) is 6.42 Å². The van der Waals surface area contributed by atoms with E-state index in [-0.39, 0.29) is 0 Å². The number of rotatable bonds is 3. The summed E-state index contributed by atoms with van der Waals surface area (Å²) in [5, 5.41) is 4.69. The summed E-state index contributed by atoms with van der Waals surface area (Å²) < 4.78 is 5.30. The van der Waals surface area contributed by atoms with Gasteiger partial charge in [0.2, 0.25) is 0 Å². The molecule has 3 rings (SSSR count). The molecule has 0 spiro atoms. The maximum absolute atomic E-state index is 6.13. The Bertz CT molecular complexity index is 783. The molecule has 0 bridgehead atoms. The number of nitrogens with zero attached hydrogens (tertiary/aromatic N) is 2. The van der Waals surface area contributed by atoms with Crippen LogP contribution in [0.5, 0.6) is 0 Å². The van der Waals surface area contributed by atoms with E-state index in [0.717, 1.165) is 16.7 Å². The van der Waals surface area contributed by atoms with Gasteiger partial charge in [-0.1, -0.05) is 41.0 Å². The predicted octanol–water partition coefficient (Wildman–Crippen LogP) is 3.87. The van der Waals surface area contributed by atoms with Crippen molar-refractivity contribution < 1.29 is 4.52 Å². The number of hydrogen-bond acceptors (Lipinski definition) is 4. The molecule has 2 N–H and O–H groups in total. The summed E-state index contributed by atoms with van der Waals surface area (Å²) in [5.74, 6) is 1.06. The lowest BCUT2D eigenvalue weighted by atomic mass is 10.1. The van der Waals surface area contributed by atoms with Crippen LogP contribution in [0, 0.1) is 6.92 Å². The summed E-state index contributed by atoms with van der Waals surface area (Å²) in [5.41, 5.74) is 9.41. The smallest absolute Gasteiger partial charge is 0.258 e. The van der Waals surface area contributed by atoms with Gasteiger partial charge < -0.3 is 10.3 Å². The molecule has 0 unspecified atom stereocenters. The van der Waals surface area contributed by atoms with E-state index in [1.165, 1.54) is 0 Å². The molecule has 0 saturated carbocycles. The Balaban J connectivity index is 1.86. The van der Waals surface area contributed by atoms with Gasteiger partial charge in [0.15, 0.2) is 5.82 Å². The molecule has 0 atom stereocenters. The van der Waals surface area contributed by atoms with Crippen LogP contribution in [0.3, 0.4) is 0 Å². The van der Waals surface area contributed by atoms with Crippen molar-refractivity contribution in [2.45, 2.75) is 13.3 Å². The van der Waals surface area contributed by atoms with E-state index < -0.39 is 0 Å². The molecule has 5 heteroatoms. The molecule has 2 aromatic carbocycles. The first-order valence-corrected chi connectivity index (χ1v) is 6.94. The molecule has 0 amide bonds. The maximum Gasteiger partial charge on any atom is 0.258 e. The van der Waals surface area contributed by atoms with Crippen LogP contribution in [0.2, 0.25) is 5.02 Å². The molecule has 4 nitrogen and oxygen atoms in total. The van der Waals surface area contributed by atoms with Crippen LogP contribution in [0.15, 0.2) is 47.0 Å². The molecule has 106 valence electrons. The zero-order valence-corrected chi connectivity index (χ0v) is 12.3. The summed E-state index contributed by atoms with van der Waals surface area (Å²) in [6.07, 6.45) is 0.532. The second-order valence-electron chi connectivity index (χ2n) is 4.86. The van der Waals surface area contributed by atoms with E-state index in [9.17, 15) is 0 Å². The van der Waals surface area contributed by atoms with Crippen molar-refractivity contribution in [2.75, 3.05) is 5.73 Å². The van der Waals surface area contributed by atoms with E-state index in [4.69, 9.17) is 21.9 Å². The maximum atomic E-state index is 6.13. The lowest BCUT2D eigenvalue weighted by Crippen LogP contribution is -1.92. The molecule has 0 aliphatic rings. The predicted molar refractivity (Wildman–Crippen MR) is 83.1 cm³/mol. The Morgan fingerprint density at radius 1 is 1.19 bits per heavy atom. The largest absolute Gasteiger partial charge is 0.398 e. The molecule has 21 heavy (non-hydrogen) atoms. The topological polar surface area (TPSA) is 64.9 Å². The molecule has 1 aromatic heterocycles. The Labute approximate surface area is 127 Å². The van der Waals surface area contributed by atoms with Gasteiger partial charge in [-0.15, -0.1) is 0 Å². The quantitative estimate of drug-likeness (QED) is 0.746. The molecular formula is C16H14ClN3O. The van der Waals surface area contributed by atoms with Gasteiger partial charge in [0.05, 0.1) is 0 Å². The lowest BCUT2D eigenvalue weighted by molar-refractivity contribution is 0.424. The van der Waals surface area contributed by atoms with Gasteiger partial charge in [-0.3, -0.25) is 0 Å². The van der Waals surface area contributed by atoms with Gasteiger partial charge in [0, 0.05) is 22.7 Å². The minimum Gasteiger partial charge on any atom is -0.398 e. The van der Waals surface area contributed by atoms with E-state index in [1.54, 1.807) is 0 Å². The van der Waals surface area contributed by atoms with Gasteiger partial charge >= 0.3 is 0 Å². The van der Waals surface area contributed by atoms with Crippen molar-refractivity contribution in [3.05, 3.63) is 64.4 Å². The van der Waals surface area contributed by atoms with Crippen molar-refractivity contribution >= 4 is 17.3 Å². The normalized spacial score (nSPS) is 10.8. The molecule has 0 fully saturated rings. The Morgan fingerprint density at radius 3 is 2.76 bits per heavy atom. The van der Waals surface area contributed by atoms with Gasteiger partial charge in [-0.25, -0.2) is 0 Å². The molecule has 1 heterocycles. The van der Waals surface area contributed by atoms with Crippen molar-refractivity contribution in [3.8, 4) is 11.5 Å². The van der Waals surface area contributed by atoms with Gasteiger partial charge in [-0.2, -0.15) is 4.98 Å². The first kappa shape index (κ1) is 13.6. The minimum absolute atomic E-state index is 0.462. The molecule has 3 aromatic rings. The first-order valence-electron chi connectivity index (χ1n) is 6.56. The Hall–Kier alpha value is -2.33. The summed E-state index contributed by atoms with van der Waals surface area (Å²) in [6.45, 7) is 1.95. The van der Waals surface area contributed by atoms with Crippen LogP contribution in [0.1, 0.15) is 17.0 Å². The lowest BCUT2D eigenvalue weighted by Gasteiger charge is -2.00. The van der Waals surface area contributed by atoms with E-state index in [1.807, 2.05) is 49.4 Å². The fourth-order valence-corrected chi connectivity index (χ4v) is 2.23. The third-order valence-electron chi connectivity index (χ3n) is 3.30. The fraction of sp³-hybridized carbons (Fsp3) is 0.125. The van der Waals surface area contributed by atoms with Gasteiger partial charge in [0.1, 0.15) is 0 Å². The molecule has 0 saturated heterocycles. The monoisotopic (exact) mass is 299 g/mol. The highest BCUT2D eigenvalue weighted by atomic mass is 35.5. The van der Waals surface area contributed by atoms with Gasteiger partial charge in [0.25, 0.3) is 5.89 Å². The van der Waals surface area contributed by atoms with Gasteiger partial charge in [-0.05, 0) is 36.2 Å². The van der Waals surface area contributed by atoms with Crippen molar-refractivity contribution in [1.29, 1.82) is 0 Å². The van der Waals surface area contributed by atoms with Crippen LogP contribution in [-0.4, -0.2) is 10.1 Å². The number of halogens is 1. The highest BCUT2D eigenvalue weighted by molar-refractivity contribution is 6.31. The average molecular weight is 300 g/mol. The van der Waals surface area contributed by atoms with Crippen LogP contribution < -0.4 is 5.73 Å². The van der Waals surface area contributed by atoms with E-state index in [0.29, 0.717) is 28.8 Å². The second-order valence-corrected chi connectivity index (χ2v) is 5.26. The van der Waals surface area contributed by atoms with Crippen LogP contribution in [0.4, 0.5) is 5.69 Å². The van der Waals surface area contributed by atoms with Crippen molar-refractivity contribution in [2.24, 2.45) is 0 Å². The van der Waals surface area contributed by atoms with E-state index in [2.05, 4.69) is 10.1 Å². The number of nitrogen functional groups attached to an aromatic ring is 1. The van der Waals surface area contributed by atoms with Crippen LogP contribution in [0.25, 0.3) is 11.5 Å². The zero-order chi connectivity index (χ0) is 14.8. The summed E-state index contributed by atoms with van der Waals surface area (Å²) in [7, 11) is 0. The van der Waals surface area contributed by atoms with E-state index >= 15 is 0 Å². The number of nitrogens with two attached hydrogens (primary N) is 1. The second kappa shape index (κ2) is 5.58. The molecule has 0 aliphatic heterocycles. The molecular weight excluding hydrogens is 286 g/mol. The first-order chi connectivity index (χ1) is 10.1. The number of hydrogen-bond donors (Lipinski definition) is 1. The Morgan fingerprint density at radius 2 is 2.00 bits per heavy atom. The number of aryl methyl sites for hydroxylation is 1. The number of aromatic nitrogens is 2. The summed E-state index contributed by atoms with van der Waals surface area (Å²) >= 11 is 6.13. The zero-order valence-electron chi connectivity index (χ0n) is 11.5. The highest BCUT2D eigenvalue weighted by Crippen LogP contribution is 2.23. The average Bonchev–Trinajstić information content (AvgIpc) is 2.93. The SMILES string of the molecule is Cc1ccc(-c2nc(Cc3ccccc3Cl)no2)cc1N. The molecule has 0 radical (unpaired) electrons. The third-order valence-corrected chi connectivity index (χ3v) is 3.67. The number of anilines is 1. The Kier molecular flexibility index (Phi) is 3.62. The van der Waals surface area contributed by atoms with Crippen molar-refractivity contribution in [3.63, 3.8) is 0 Å². The highest BCUT2D eigenvalue weighted by Gasteiger charge is 2.11. The molecule has 0 aliphatic carbocycles. The number of benzene rings is 2. The fourth-order valence-electron chi connectivity index (χ4n) is 2.03. The standard InChI is InChI=1S/C16H14ClN3O/c1-10-6-7-12(8-14(10)18)16-19-15(20-21-16)9-11-4-2-3-5-13(11)17/h2-8H,9,18H2,1H3. The minimum atomic E-state index is 0.462. The third kappa shape index (κ3) is 2.90. The van der Waals surface area contributed by atoms with Crippen molar-refractivity contribution in [1.82, 2.24) is 10.1 Å². The summed E-state index contributed by atoms with van der Waals surface area (Å²) in [6, 6.07) is 13.3. The van der Waals surface area contributed by atoms with Crippen LogP contribution >= 0.6 is 11.6 Å².